The van der Waals surface area contributed by atoms with E-state index in [-0.39, 0.29) is 11.3 Å². The van der Waals surface area contributed by atoms with E-state index in [4.69, 9.17) is 5.11 Å². The molecule has 0 atom stereocenters. The van der Waals surface area contributed by atoms with Gasteiger partial charge in [0.15, 0.2) is 0 Å². The molecule has 110 valence electrons. The van der Waals surface area contributed by atoms with E-state index in [1.807, 2.05) is 5.32 Å². The van der Waals surface area contributed by atoms with Crippen molar-refractivity contribution in [3.63, 3.8) is 0 Å². The van der Waals surface area contributed by atoms with E-state index in [1.54, 1.807) is 13.0 Å². The number of hydrogen-bond donors (Lipinski definition) is 3. The molecule has 1 rings (SSSR count). The smallest absolute Gasteiger partial charge is 0.401 e. The number of carbonyl (C=O) groups excluding carboxylic acids is 1. The van der Waals surface area contributed by atoms with Crippen molar-refractivity contribution < 1.29 is 27.9 Å². The summed E-state index contributed by atoms with van der Waals surface area (Å²) in [5.41, 5.74) is 0.617. The van der Waals surface area contributed by atoms with Crippen LogP contribution in [0.1, 0.15) is 15.9 Å². The van der Waals surface area contributed by atoms with Crippen molar-refractivity contribution in [3.05, 3.63) is 29.3 Å². The molecule has 0 unspecified atom stereocenters. The number of carbonyl (C=O) groups is 2. The van der Waals surface area contributed by atoms with E-state index in [1.165, 1.54) is 12.1 Å². The molecule has 0 heterocycles. The molecule has 3 N–H and O–H groups in total. The molecule has 0 aliphatic heterocycles. The molecule has 1 amide bonds. The van der Waals surface area contributed by atoms with Crippen LogP contribution in [0.2, 0.25) is 0 Å². The number of anilines is 1. The lowest BCUT2D eigenvalue weighted by molar-refractivity contribution is -0.126. The molecular formula is C12H13F3N2O3. The number of alkyl halides is 3. The summed E-state index contributed by atoms with van der Waals surface area (Å²) in [6.07, 6.45) is -4.41. The van der Waals surface area contributed by atoms with Crippen LogP contribution in [-0.4, -0.2) is 36.2 Å². The van der Waals surface area contributed by atoms with Crippen LogP contribution in [0.3, 0.4) is 0 Å². The van der Waals surface area contributed by atoms with Crippen molar-refractivity contribution in [1.29, 1.82) is 0 Å². The summed E-state index contributed by atoms with van der Waals surface area (Å²) in [5, 5.41) is 13.1. The quantitative estimate of drug-likeness (QED) is 0.772. The molecule has 0 radical (unpaired) electrons. The highest BCUT2D eigenvalue weighted by atomic mass is 19.4. The molecule has 0 saturated heterocycles. The largest absolute Gasteiger partial charge is 0.478 e. The van der Waals surface area contributed by atoms with Crippen LogP contribution in [0.25, 0.3) is 0 Å². The predicted octanol–water partition coefficient (Wildman–Crippen LogP) is 1.78. The van der Waals surface area contributed by atoms with Gasteiger partial charge in [0.25, 0.3) is 0 Å². The van der Waals surface area contributed by atoms with E-state index in [0.29, 0.717) is 5.56 Å². The van der Waals surface area contributed by atoms with Gasteiger partial charge in [-0.3, -0.25) is 4.79 Å². The number of carboxylic acid groups (broad SMARTS) is 1. The molecule has 0 aromatic heterocycles. The highest BCUT2D eigenvalue weighted by molar-refractivity contribution is 6.01. The summed E-state index contributed by atoms with van der Waals surface area (Å²) in [5.74, 6) is -1.98. The van der Waals surface area contributed by atoms with Gasteiger partial charge in [-0.25, -0.2) is 4.79 Å². The van der Waals surface area contributed by atoms with Gasteiger partial charge < -0.3 is 15.7 Å². The van der Waals surface area contributed by atoms with Crippen LogP contribution in [-0.2, 0) is 4.79 Å². The molecule has 0 spiro atoms. The third-order valence-corrected chi connectivity index (χ3v) is 2.29. The van der Waals surface area contributed by atoms with Gasteiger partial charge in [0.05, 0.1) is 24.3 Å². The van der Waals surface area contributed by atoms with Crippen LogP contribution in [0.4, 0.5) is 18.9 Å². The van der Waals surface area contributed by atoms with E-state index >= 15 is 0 Å². The fourth-order valence-corrected chi connectivity index (χ4v) is 1.46. The van der Waals surface area contributed by atoms with Gasteiger partial charge in [-0.05, 0) is 19.1 Å². The van der Waals surface area contributed by atoms with Gasteiger partial charge in [0.2, 0.25) is 5.91 Å². The number of amides is 1. The fraction of sp³-hybridized carbons (Fsp3) is 0.333. The van der Waals surface area contributed by atoms with Gasteiger partial charge in [0.1, 0.15) is 0 Å². The highest BCUT2D eigenvalue weighted by Gasteiger charge is 2.26. The maximum absolute atomic E-state index is 11.9. The Morgan fingerprint density at radius 3 is 2.50 bits per heavy atom. The van der Waals surface area contributed by atoms with Crippen LogP contribution >= 0.6 is 0 Å². The second-order valence-corrected chi connectivity index (χ2v) is 4.12. The van der Waals surface area contributed by atoms with E-state index in [9.17, 15) is 22.8 Å². The third-order valence-electron chi connectivity index (χ3n) is 2.29. The average molecular weight is 290 g/mol. The number of aromatic carboxylic acids is 1. The first-order chi connectivity index (χ1) is 9.19. The number of benzene rings is 1. The van der Waals surface area contributed by atoms with Crippen LogP contribution < -0.4 is 10.6 Å². The van der Waals surface area contributed by atoms with Gasteiger partial charge in [0, 0.05) is 0 Å². The second kappa shape index (κ2) is 6.38. The molecule has 0 bridgehead atoms. The summed E-state index contributed by atoms with van der Waals surface area (Å²) in [6, 6.07) is 4.34. The number of carboxylic acids is 1. The molecular weight excluding hydrogens is 277 g/mol. The van der Waals surface area contributed by atoms with Gasteiger partial charge >= 0.3 is 12.1 Å². The highest BCUT2D eigenvalue weighted by Crippen LogP contribution is 2.17. The summed E-state index contributed by atoms with van der Waals surface area (Å²) in [4.78, 5) is 22.4. The summed E-state index contributed by atoms with van der Waals surface area (Å²) >= 11 is 0. The third kappa shape index (κ3) is 5.27. The van der Waals surface area contributed by atoms with Crippen molar-refractivity contribution >= 4 is 17.6 Å². The number of hydrogen-bond acceptors (Lipinski definition) is 3. The molecule has 5 nitrogen and oxygen atoms in total. The minimum absolute atomic E-state index is 0.0434. The Kier molecular flexibility index (Phi) is 5.09. The standard InChI is InChI=1S/C12H13F3N2O3/c1-7-2-3-9(8(4-7)11(19)20)17-10(18)5-16-6-12(13,14)15/h2-4,16H,5-6H2,1H3,(H,17,18)(H,19,20). The number of rotatable bonds is 5. The molecule has 8 heteroatoms. The molecule has 0 aliphatic rings. The van der Waals surface area contributed by atoms with Gasteiger partial charge in [-0.2, -0.15) is 13.2 Å². The molecule has 0 aliphatic carbocycles. The summed E-state index contributed by atoms with van der Waals surface area (Å²) in [7, 11) is 0. The van der Waals surface area contributed by atoms with Gasteiger partial charge in [-0.15, -0.1) is 0 Å². The average Bonchev–Trinajstić information content (AvgIpc) is 2.29. The first kappa shape index (κ1) is 16.0. The minimum atomic E-state index is -4.41. The minimum Gasteiger partial charge on any atom is -0.478 e. The lowest BCUT2D eigenvalue weighted by atomic mass is 10.1. The van der Waals surface area contributed by atoms with Gasteiger partial charge in [-0.1, -0.05) is 11.6 Å². The van der Waals surface area contributed by atoms with Crippen molar-refractivity contribution in [2.75, 3.05) is 18.4 Å². The number of halogens is 3. The number of aryl methyl sites for hydroxylation is 1. The Labute approximate surface area is 112 Å². The Bertz CT molecular complexity index is 515. The van der Waals surface area contributed by atoms with Crippen molar-refractivity contribution in [2.45, 2.75) is 13.1 Å². The Morgan fingerprint density at radius 2 is 1.95 bits per heavy atom. The predicted molar refractivity (Wildman–Crippen MR) is 65.7 cm³/mol. The van der Waals surface area contributed by atoms with Crippen molar-refractivity contribution in [2.24, 2.45) is 0 Å². The van der Waals surface area contributed by atoms with E-state index in [0.717, 1.165) is 0 Å². The van der Waals surface area contributed by atoms with Crippen LogP contribution in [0.5, 0.6) is 0 Å². The molecule has 0 saturated carbocycles. The Morgan fingerprint density at radius 1 is 1.30 bits per heavy atom. The number of nitrogens with one attached hydrogen (secondary N) is 2. The monoisotopic (exact) mass is 290 g/mol. The maximum Gasteiger partial charge on any atom is 0.401 e. The summed E-state index contributed by atoms with van der Waals surface area (Å²) in [6.45, 7) is -0.171. The fourth-order valence-electron chi connectivity index (χ4n) is 1.46. The maximum atomic E-state index is 11.9. The Balaban J connectivity index is 2.64. The molecule has 20 heavy (non-hydrogen) atoms. The van der Waals surface area contributed by atoms with E-state index in [2.05, 4.69) is 5.32 Å². The zero-order valence-electron chi connectivity index (χ0n) is 10.5. The SMILES string of the molecule is Cc1ccc(NC(=O)CNCC(F)(F)F)c(C(=O)O)c1. The zero-order chi connectivity index (χ0) is 15.3. The first-order valence-electron chi connectivity index (χ1n) is 5.60. The second-order valence-electron chi connectivity index (χ2n) is 4.12. The summed E-state index contributed by atoms with van der Waals surface area (Å²) < 4.78 is 35.6. The topological polar surface area (TPSA) is 78.4 Å². The van der Waals surface area contributed by atoms with Crippen LogP contribution in [0.15, 0.2) is 18.2 Å². The molecule has 1 aromatic carbocycles. The Hall–Kier alpha value is -2.09. The normalized spacial score (nSPS) is 11.2. The van der Waals surface area contributed by atoms with Crippen molar-refractivity contribution in [1.82, 2.24) is 5.32 Å². The van der Waals surface area contributed by atoms with E-state index < -0.39 is 31.1 Å². The lowest BCUT2D eigenvalue weighted by Crippen LogP contribution is -2.35. The first-order valence-corrected chi connectivity index (χ1v) is 5.60. The van der Waals surface area contributed by atoms with Crippen LogP contribution in [0, 0.1) is 6.92 Å². The zero-order valence-corrected chi connectivity index (χ0v) is 10.5. The lowest BCUT2D eigenvalue weighted by Gasteiger charge is -2.11. The molecule has 1 aromatic rings. The molecule has 0 fully saturated rings. The van der Waals surface area contributed by atoms with Crippen molar-refractivity contribution in [3.8, 4) is 0 Å².